The van der Waals surface area contributed by atoms with Crippen LogP contribution < -0.4 is 5.32 Å². The molecule has 1 heterocycles. The first-order valence-electron chi connectivity index (χ1n) is 8.92. The average molecular weight is 334 g/mol. The van der Waals surface area contributed by atoms with E-state index in [2.05, 4.69) is 17.4 Å². The molecule has 1 N–H and O–H groups in total. The number of nitrogens with zero attached hydrogens (tertiary/aromatic N) is 1. The Bertz CT molecular complexity index is 756. The molecule has 2 unspecified atom stereocenters. The molecule has 4 nitrogen and oxygen atoms in total. The summed E-state index contributed by atoms with van der Waals surface area (Å²) in [6, 6.07) is 19.7. The zero-order valence-electron chi connectivity index (χ0n) is 14.1. The van der Waals surface area contributed by atoms with Crippen LogP contribution in [-0.2, 0) is 4.79 Å². The minimum atomic E-state index is -0.185. The molecule has 0 radical (unpaired) electrons. The fraction of sp³-hybridized carbons (Fsp3) is 0.333. The first-order chi connectivity index (χ1) is 12.2. The molecule has 1 aliphatic heterocycles. The van der Waals surface area contributed by atoms with Crippen molar-refractivity contribution in [3.05, 3.63) is 71.8 Å². The summed E-state index contributed by atoms with van der Waals surface area (Å²) in [5.74, 6) is -0.0498. The average Bonchev–Trinajstić information content (AvgIpc) is 3.36. The molecule has 1 saturated carbocycles. The Morgan fingerprint density at radius 3 is 2.16 bits per heavy atom. The summed E-state index contributed by atoms with van der Waals surface area (Å²) in [5, 5.41) is 3.12. The number of carbonyl (C=O) groups is 2. The van der Waals surface area contributed by atoms with E-state index >= 15 is 0 Å². The van der Waals surface area contributed by atoms with Gasteiger partial charge < -0.3 is 10.2 Å². The van der Waals surface area contributed by atoms with Crippen LogP contribution in [0.4, 0.5) is 0 Å². The first-order valence-corrected chi connectivity index (χ1v) is 8.92. The number of rotatable bonds is 4. The normalized spacial score (nSPS) is 22.6. The third kappa shape index (κ3) is 3.43. The largest absolute Gasteiger partial charge is 0.353 e. The molecule has 25 heavy (non-hydrogen) atoms. The molecular weight excluding hydrogens is 312 g/mol. The van der Waals surface area contributed by atoms with Crippen molar-refractivity contribution in [2.75, 3.05) is 13.1 Å². The third-order valence-corrected chi connectivity index (χ3v) is 5.12. The molecule has 2 aromatic rings. The van der Waals surface area contributed by atoms with Gasteiger partial charge in [-0.3, -0.25) is 9.59 Å². The van der Waals surface area contributed by atoms with E-state index in [1.54, 1.807) is 0 Å². The third-order valence-electron chi connectivity index (χ3n) is 5.12. The number of amides is 2. The molecule has 0 aromatic heterocycles. The van der Waals surface area contributed by atoms with Gasteiger partial charge in [0.2, 0.25) is 5.91 Å². The van der Waals surface area contributed by atoms with E-state index in [1.165, 1.54) is 0 Å². The van der Waals surface area contributed by atoms with Crippen LogP contribution >= 0.6 is 0 Å². The van der Waals surface area contributed by atoms with Crippen LogP contribution in [0.25, 0.3) is 0 Å². The molecule has 2 aromatic carbocycles. The van der Waals surface area contributed by atoms with Crippen LogP contribution in [-0.4, -0.2) is 35.8 Å². The zero-order chi connectivity index (χ0) is 17.2. The molecule has 1 saturated heterocycles. The lowest BCUT2D eigenvalue weighted by molar-refractivity contribution is -0.125. The van der Waals surface area contributed by atoms with Gasteiger partial charge in [0.25, 0.3) is 5.91 Å². The maximum atomic E-state index is 12.8. The van der Waals surface area contributed by atoms with Crippen molar-refractivity contribution in [2.45, 2.75) is 24.8 Å². The highest BCUT2D eigenvalue weighted by Crippen LogP contribution is 2.34. The molecule has 0 bridgehead atoms. The molecule has 2 fully saturated rings. The van der Waals surface area contributed by atoms with Crippen LogP contribution in [0.1, 0.15) is 34.7 Å². The Morgan fingerprint density at radius 2 is 1.52 bits per heavy atom. The lowest BCUT2D eigenvalue weighted by Crippen LogP contribution is -2.36. The second-order valence-electron chi connectivity index (χ2n) is 6.98. The summed E-state index contributed by atoms with van der Waals surface area (Å²) in [6.45, 7) is 1.06. The van der Waals surface area contributed by atoms with Gasteiger partial charge in [-0.1, -0.05) is 48.5 Å². The van der Waals surface area contributed by atoms with E-state index in [0.717, 1.165) is 18.4 Å². The predicted octanol–water partition coefficient (Wildman–Crippen LogP) is 2.82. The Labute approximate surface area is 147 Å². The van der Waals surface area contributed by atoms with E-state index < -0.39 is 0 Å². The monoisotopic (exact) mass is 334 g/mol. The van der Waals surface area contributed by atoms with Crippen molar-refractivity contribution in [3.63, 3.8) is 0 Å². The number of carbonyl (C=O) groups excluding carboxylic acids is 2. The Morgan fingerprint density at radius 1 is 0.880 bits per heavy atom. The van der Waals surface area contributed by atoms with Gasteiger partial charge in [0.05, 0.1) is 5.92 Å². The summed E-state index contributed by atoms with van der Waals surface area (Å²) in [5.41, 5.74) is 1.80. The molecule has 2 atom stereocenters. The van der Waals surface area contributed by atoms with Crippen LogP contribution in [0.3, 0.4) is 0 Å². The van der Waals surface area contributed by atoms with Gasteiger partial charge in [-0.15, -0.1) is 0 Å². The van der Waals surface area contributed by atoms with Crippen LogP contribution in [0.2, 0.25) is 0 Å². The fourth-order valence-corrected chi connectivity index (χ4v) is 3.57. The molecule has 4 rings (SSSR count). The number of likely N-dealkylation sites (tertiary alicyclic amines) is 1. The number of nitrogens with one attached hydrogen (secondary N) is 1. The molecule has 4 heteroatoms. The highest BCUT2D eigenvalue weighted by molar-refractivity contribution is 5.95. The van der Waals surface area contributed by atoms with E-state index in [0.29, 0.717) is 24.7 Å². The van der Waals surface area contributed by atoms with Crippen molar-refractivity contribution < 1.29 is 9.59 Å². The lowest BCUT2D eigenvalue weighted by Gasteiger charge is -2.17. The summed E-state index contributed by atoms with van der Waals surface area (Å²) in [6.07, 6.45) is 2.14. The van der Waals surface area contributed by atoms with Gasteiger partial charge in [0.1, 0.15) is 0 Å². The smallest absolute Gasteiger partial charge is 0.253 e. The van der Waals surface area contributed by atoms with E-state index in [-0.39, 0.29) is 23.7 Å². The van der Waals surface area contributed by atoms with Crippen molar-refractivity contribution in [2.24, 2.45) is 5.92 Å². The molecule has 2 amide bonds. The van der Waals surface area contributed by atoms with Crippen LogP contribution in [0.5, 0.6) is 0 Å². The Balaban J connectivity index is 1.57. The molecule has 2 aliphatic rings. The number of benzene rings is 2. The SMILES string of the molecule is O=C(NC1CC1)C1CN(C(=O)c2ccccc2)CC1c1ccccc1. The second-order valence-corrected chi connectivity index (χ2v) is 6.98. The van der Waals surface area contributed by atoms with Crippen molar-refractivity contribution >= 4 is 11.8 Å². The second kappa shape index (κ2) is 6.71. The highest BCUT2D eigenvalue weighted by atomic mass is 16.2. The molecule has 1 aliphatic carbocycles. The van der Waals surface area contributed by atoms with Crippen molar-refractivity contribution in [3.8, 4) is 0 Å². The maximum absolute atomic E-state index is 12.8. The van der Waals surface area contributed by atoms with Crippen LogP contribution in [0.15, 0.2) is 60.7 Å². The van der Waals surface area contributed by atoms with Gasteiger partial charge in [-0.25, -0.2) is 0 Å². The van der Waals surface area contributed by atoms with Gasteiger partial charge in [-0.2, -0.15) is 0 Å². The lowest BCUT2D eigenvalue weighted by atomic mass is 9.88. The quantitative estimate of drug-likeness (QED) is 0.935. The predicted molar refractivity (Wildman–Crippen MR) is 96.2 cm³/mol. The van der Waals surface area contributed by atoms with Crippen LogP contribution in [0, 0.1) is 5.92 Å². The summed E-state index contributed by atoms with van der Waals surface area (Å²) < 4.78 is 0. The summed E-state index contributed by atoms with van der Waals surface area (Å²) in [4.78, 5) is 27.4. The molecule has 128 valence electrons. The summed E-state index contributed by atoms with van der Waals surface area (Å²) >= 11 is 0. The Kier molecular flexibility index (Phi) is 4.26. The van der Waals surface area contributed by atoms with Gasteiger partial charge in [-0.05, 0) is 30.5 Å². The van der Waals surface area contributed by atoms with E-state index in [1.807, 2.05) is 53.4 Å². The zero-order valence-corrected chi connectivity index (χ0v) is 14.1. The molecular formula is C21H22N2O2. The standard InChI is InChI=1S/C21H22N2O2/c24-20(22-17-11-12-17)19-14-23(21(25)16-9-5-2-6-10-16)13-18(19)15-7-3-1-4-8-15/h1-10,17-19H,11-14H2,(H,22,24). The number of hydrogen-bond donors (Lipinski definition) is 1. The van der Waals surface area contributed by atoms with Crippen molar-refractivity contribution in [1.82, 2.24) is 10.2 Å². The summed E-state index contributed by atoms with van der Waals surface area (Å²) in [7, 11) is 0. The van der Waals surface area contributed by atoms with Gasteiger partial charge >= 0.3 is 0 Å². The minimum Gasteiger partial charge on any atom is -0.353 e. The maximum Gasteiger partial charge on any atom is 0.253 e. The fourth-order valence-electron chi connectivity index (χ4n) is 3.57. The van der Waals surface area contributed by atoms with Crippen molar-refractivity contribution in [1.29, 1.82) is 0 Å². The highest BCUT2D eigenvalue weighted by Gasteiger charge is 2.41. The topological polar surface area (TPSA) is 49.4 Å². The van der Waals surface area contributed by atoms with E-state index in [4.69, 9.17) is 0 Å². The van der Waals surface area contributed by atoms with Gasteiger partial charge in [0, 0.05) is 30.6 Å². The van der Waals surface area contributed by atoms with E-state index in [9.17, 15) is 9.59 Å². The minimum absolute atomic E-state index is 0.00301. The molecule has 0 spiro atoms. The van der Waals surface area contributed by atoms with Gasteiger partial charge in [0.15, 0.2) is 0 Å². The Hall–Kier alpha value is -2.62. The first kappa shape index (κ1) is 15.9. The number of hydrogen-bond acceptors (Lipinski definition) is 2.